The van der Waals surface area contributed by atoms with Crippen molar-refractivity contribution in [1.29, 1.82) is 0 Å². The minimum Gasteiger partial charge on any atom is -0.305 e. The molecule has 1 atom stereocenters. The van der Waals surface area contributed by atoms with Crippen LogP contribution in [-0.2, 0) is 6.54 Å². The van der Waals surface area contributed by atoms with E-state index in [1.165, 1.54) is 6.07 Å². The second-order valence-corrected chi connectivity index (χ2v) is 5.55. The number of rotatable bonds is 6. The van der Waals surface area contributed by atoms with E-state index in [0.717, 1.165) is 29.7 Å². The summed E-state index contributed by atoms with van der Waals surface area (Å²) < 4.78 is 16.9. The van der Waals surface area contributed by atoms with Gasteiger partial charge >= 0.3 is 0 Å². The standard InChI is InChI=1S/C15H19BrFN3/c1-3-9-20-14(7-8-19-20)15(18-4-2)12-6-5-11(16)10-13(12)17/h5-8,10,15,18H,3-4,9H2,1-2H3. The minimum absolute atomic E-state index is 0.179. The lowest BCUT2D eigenvalue weighted by molar-refractivity contribution is 0.501. The molecule has 0 aliphatic carbocycles. The van der Waals surface area contributed by atoms with Crippen molar-refractivity contribution in [3.05, 3.63) is 52.0 Å². The van der Waals surface area contributed by atoms with Crippen molar-refractivity contribution in [2.75, 3.05) is 6.54 Å². The Labute approximate surface area is 127 Å². The summed E-state index contributed by atoms with van der Waals surface area (Å²) in [6, 6.07) is 6.95. The van der Waals surface area contributed by atoms with Crippen molar-refractivity contribution in [3.63, 3.8) is 0 Å². The highest BCUT2D eigenvalue weighted by molar-refractivity contribution is 9.10. The van der Waals surface area contributed by atoms with Crippen LogP contribution in [0, 0.1) is 5.82 Å². The van der Waals surface area contributed by atoms with Crippen molar-refractivity contribution in [3.8, 4) is 0 Å². The number of benzene rings is 1. The lowest BCUT2D eigenvalue weighted by atomic mass is 10.0. The average molecular weight is 340 g/mol. The number of hydrogen-bond acceptors (Lipinski definition) is 2. The first-order valence-electron chi connectivity index (χ1n) is 6.87. The van der Waals surface area contributed by atoms with E-state index in [1.54, 1.807) is 6.20 Å². The number of aromatic nitrogens is 2. The van der Waals surface area contributed by atoms with Gasteiger partial charge in [0.2, 0.25) is 0 Å². The lowest BCUT2D eigenvalue weighted by Gasteiger charge is -2.20. The molecular weight excluding hydrogens is 321 g/mol. The molecule has 0 amide bonds. The van der Waals surface area contributed by atoms with Gasteiger partial charge in [-0.15, -0.1) is 0 Å². The van der Waals surface area contributed by atoms with E-state index in [1.807, 2.05) is 29.8 Å². The quantitative estimate of drug-likeness (QED) is 0.865. The molecule has 1 heterocycles. The summed E-state index contributed by atoms with van der Waals surface area (Å²) in [5.41, 5.74) is 1.64. The van der Waals surface area contributed by atoms with E-state index in [9.17, 15) is 4.39 Å². The van der Waals surface area contributed by atoms with Crippen molar-refractivity contribution in [2.45, 2.75) is 32.9 Å². The van der Waals surface area contributed by atoms with Gasteiger partial charge in [0.25, 0.3) is 0 Å². The number of halogens is 2. The summed E-state index contributed by atoms with van der Waals surface area (Å²) in [7, 11) is 0. The smallest absolute Gasteiger partial charge is 0.129 e. The molecule has 108 valence electrons. The fourth-order valence-electron chi connectivity index (χ4n) is 2.30. The van der Waals surface area contributed by atoms with Gasteiger partial charge in [-0.3, -0.25) is 4.68 Å². The van der Waals surface area contributed by atoms with Gasteiger partial charge in [-0.25, -0.2) is 4.39 Å². The molecule has 0 fully saturated rings. The van der Waals surface area contributed by atoms with Crippen molar-refractivity contribution >= 4 is 15.9 Å². The number of hydrogen-bond donors (Lipinski definition) is 1. The zero-order valence-electron chi connectivity index (χ0n) is 11.7. The summed E-state index contributed by atoms with van der Waals surface area (Å²) >= 11 is 3.29. The third-order valence-electron chi connectivity index (χ3n) is 3.16. The summed E-state index contributed by atoms with van der Waals surface area (Å²) in [5.74, 6) is -0.213. The Morgan fingerprint density at radius 3 is 2.80 bits per heavy atom. The van der Waals surface area contributed by atoms with Crippen molar-refractivity contribution in [2.24, 2.45) is 0 Å². The second-order valence-electron chi connectivity index (χ2n) is 4.64. The molecule has 0 spiro atoms. The number of nitrogens with zero attached hydrogens (tertiary/aromatic N) is 2. The Bertz CT molecular complexity index is 568. The fraction of sp³-hybridized carbons (Fsp3) is 0.400. The molecule has 20 heavy (non-hydrogen) atoms. The van der Waals surface area contributed by atoms with Crippen LogP contribution in [0.15, 0.2) is 34.9 Å². The zero-order chi connectivity index (χ0) is 14.5. The first-order chi connectivity index (χ1) is 9.67. The maximum Gasteiger partial charge on any atom is 0.129 e. The SMILES string of the molecule is CCCn1nccc1C(NCC)c1ccc(Br)cc1F. The van der Waals surface area contributed by atoms with Crippen LogP contribution >= 0.6 is 15.9 Å². The Morgan fingerprint density at radius 1 is 1.35 bits per heavy atom. The van der Waals surface area contributed by atoms with Crippen LogP contribution in [-0.4, -0.2) is 16.3 Å². The first-order valence-corrected chi connectivity index (χ1v) is 7.66. The molecule has 1 aromatic carbocycles. The summed E-state index contributed by atoms with van der Waals surface area (Å²) in [4.78, 5) is 0. The van der Waals surface area contributed by atoms with Crippen LogP contribution in [0.1, 0.15) is 37.6 Å². The topological polar surface area (TPSA) is 29.9 Å². The molecule has 1 aromatic heterocycles. The number of nitrogens with one attached hydrogen (secondary N) is 1. The number of aryl methyl sites for hydroxylation is 1. The van der Waals surface area contributed by atoms with Crippen LogP contribution in [0.3, 0.4) is 0 Å². The van der Waals surface area contributed by atoms with E-state index in [4.69, 9.17) is 0 Å². The highest BCUT2D eigenvalue weighted by atomic mass is 79.9. The van der Waals surface area contributed by atoms with Crippen molar-refractivity contribution in [1.82, 2.24) is 15.1 Å². The van der Waals surface area contributed by atoms with Gasteiger partial charge < -0.3 is 5.32 Å². The van der Waals surface area contributed by atoms with Crippen LogP contribution in [0.5, 0.6) is 0 Å². The molecule has 0 aliphatic heterocycles. The van der Waals surface area contributed by atoms with E-state index >= 15 is 0 Å². The molecule has 1 unspecified atom stereocenters. The highest BCUT2D eigenvalue weighted by Gasteiger charge is 2.20. The molecule has 0 radical (unpaired) electrons. The summed E-state index contributed by atoms with van der Waals surface area (Å²) in [5, 5.41) is 7.67. The van der Waals surface area contributed by atoms with Crippen LogP contribution < -0.4 is 5.32 Å². The average Bonchev–Trinajstić information content (AvgIpc) is 2.85. The van der Waals surface area contributed by atoms with E-state index in [0.29, 0.717) is 5.56 Å². The van der Waals surface area contributed by atoms with Gasteiger partial charge in [-0.05, 0) is 31.2 Å². The minimum atomic E-state index is -0.213. The maximum atomic E-state index is 14.2. The molecule has 0 saturated heterocycles. The fourth-order valence-corrected chi connectivity index (χ4v) is 2.63. The van der Waals surface area contributed by atoms with E-state index in [-0.39, 0.29) is 11.9 Å². The highest BCUT2D eigenvalue weighted by Crippen LogP contribution is 2.26. The predicted octanol–water partition coefficient (Wildman–Crippen LogP) is 3.89. The van der Waals surface area contributed by atoms with Gasteiger partial charge in [-0.1, -0.05) is 35.8 Å². The summed E-state index contributed by atoms with van der Waals surface area (Å²) in [6.07, 6.45) is 2.77. The van der Waals surface area contributed by atoms with E-state index < -0.39 is 0 Å². The Kier molecular flexibility index (Phi) is 5.31. The summed E-state index contributed by atoms with van der Waals surface area (Å²) in [6.45, 7) is 5.72. The van der Waals surface area contributed by atoms with E-state index in [2.05, 4.69) is 33.3 Å². The van der Waals surface area contributed by atoms with Gasteiger partial charge in [-0.2, -0.15) is 5.10 Å². The zero-order valence-corrected chi connectivity index (χ0v) is 13.3. The molecular formula is C15H19BrFN3. The lowest BCUT2D eigenvalue weighted by Crippen LogP contribution is -2.25. The van der Waals surface area contributed by atoms with Gasteiger partial charge in [0.05, 0.1) is 11.7 Å². The Morgan fingerprint density at radius 2 is 2.15 bits per heavy atom. The molecule has 0 bridgehead atoms. The molecule has 3 nitrogen and oxygen atoms in total. The Balaban J connectivity index is 2.42. The molecule has 2 rings (SSSR count). The molecule has 2 aromatic rings. The molecule has 5 heteroatoms. The molecule has 0 saturated carbocycles. The van der Waals surface area contributed by atoms with Crippen LogP contribution in [0.2, 0.25) is 0 Å². The van der Waals surface area contributed by atoms with Crippen LogP contribution in [0.4, 0.5) is 4.39 Å². The normalized spacial score (nSPS) is 12.6. The molecule has 1 N–H and O–H groups in total. The molecule has 0 aliphatic rings. The first kappa shape index (κ1) is 15.2. The van der Waals surface area contributed by atoms with Gasteiger partial charge in [0.15, 0.2) is 0 Å². The van der Waals surface area contributed by atoms with Gasteiger partial charge in [0, 0.05) is 22.8 Å². The maximum absolute atomic E-state index is 14.2. The largest absolute Gasteiger partial charge is 0.305 e. The monoisotopic (exact) mass is 339 g/mol. The third-order valence-corrected chi connectivity index (χ3v) is 3.66. The third kappa shape index (κ3) is 3.27. The second kappa shape index (κ2) is 6.99. The Hall–Kier alpha value is -1.20. The predicted molar refractivity (Wildman–Crippen MR) is 82.1 cm³/mol. The van der Waals surface area contributed by atoms with Crippen LogP contribution in [0.25, 0.3) is 0 Å². The van der Waals surface area contributed by atoms with Gasteiger partial charge in [0.1, 0.15) is 5.82 Å². The van der Waals surface area contributed by atoms with Crippen molar-refractivity contribution < 1.29 is 4.39 Å².